The third kappa shape index (κ3) is 5.35. The molecule has 7 nitrogen and oxygen atoms in total. The van der Waals surface area contributed by atoms with E-state index >= 15 is 0 Å². The average molecular weight is 563 g/mol. The Bertz CT molecular complexity index is 1520. The summed E-state index contributed by atoms with van der Waals surface area (Å²) in [6, 6.07) is 26.0. The highest BCUT2D eigenvalue weighted by Gasteiger charge is 2.13. The molecule has 0 atom stereocenters. The largest absolute Gasteiger partial charge is 0.457 e. The van der Waals surface area contributed by atoms with Crippen molar-refractivity contribution in [1.29, 1.82) is 0 Å². The SMILES string of the molecule is O=C(NCCNc1cc(-c2ccccc2Cl)nc2c(Br)cnn12)c1cccc(Oc2ccccc2)c1. The van der Waals surface area contributed by atoms with Crippen LogP contribution in [0.15, 0.2) is 95.6 Å². The lowest BCUT2D eigenvalue weighted by Gasteiger charge is -2.12. The number of aromatic nitrogens is 3. The smallest absolute Gasteiger partial charge is 0.251 e. The van der Waals surface area contributed by atoms with Crippen LogP contribution in [0, 0.1) is 0 Å². The van der Waals surface area contributed by atoms with E-state index in [-0.39, 0.29) is 5.91 Å². The molecule has 0 aliphatic rings. The Morgan fingerprint density at radius 3 is 2.56 bits per heavy atom. The van der Waals surface area contributed by atoms with Gasteiger partial charge in [-0.05, 0) is 52.3 Å². The molecule has 0 radical (unpaired) electrons. The molecule has 0 aliphatic carbocycles. The number of halogens is 2. The van der Waals surface area contributed by atoms with E-state index in [4.69, 9.17) is 21.3 Å². The van der Waals surface area contributed by atoms with E-state index in [9.17, 15) is 4.79 Å². The molecule has 2 aromatic heterocycles. The molecule has 9 heteroatoms. The second kappa shape index (κ2) is 10.8. The summed E-state index contributed by atoms with van der Waals surface area (Å²) in [6.45, 7) is 0.876. The number of anilines is 1. The molecule has 180 valence electrons. The lowest BCUT2D eigenvalue weighted by molar-refractivity contribution is 0.0955. The van der Waals surface area contributed by atoms with Crippen LogP contribution in [0.4, 0.5) is 5.82 Å². The maximum absolute atomic E-state index is 12.7. The van der Waals surface area contributed by atoms with Crippen molar-refractivity contribution in [2.45, 2.75) is 0 Å². The van der Waals surface area contributed by atoms with Crippen molar-refractivity contribution < 1.29 is 9.53 Å². The van der Waals surface area contributed by atoms with Crippen molar-refractivity contribution in [3.8, 4) is 22.8 Å². The Labute approximate surface area is 221 Å². The topological polar surface area (TPSA) is 80.5 Å². The molecule has 0 fully saturated rings. The van der Waals surface area contributed by atoms with Crippen molar-refractivity contribution in [2.24, 2.45) is 0 Å². The average Bonchev–Trinajstić information content (AvgIpc) is 3.28. The lowest BCUT2D eigenvalue weighted by atomic mass is 10.1. The van der Waals surface area contributed by atoms with Crippen molar-refractivity contribution in [3.63, 3.8) is 0 Å². The molecule has 5 aromatic rings. The van der Waals surface area contributed by atoms with Crippen LogP contribution >= 0.6 is 27.5 Å². The minimum Gasteiger partial charge on any atom is -0.457 e. The van der Waals surface area contributed by atoms with Gasteiger partial charge in [0.1, 0.15) is 17.3 Å². The van der Waals surface area contributed by atoms with E-state index in [1.54, 1.807) is 28.9 Å². The summed E-state index contributed by atoms with van der Waals surface area (Å²) >= 11 is 9.91. The fourth-order valence-corrected chi connectivity index (χ4v) is 4.24. The number of carbonyl (C=O) groups is 1. The van der Waals surface area contributed by atoms with Crippen molar-refractivity contribution in [1.82, 2.24) is 19.9 Å². The third-order valence-electron chi connectivity index (χ3n) is 5.37. The predicted molar refractivity (Wildman–Crippen MR) is 145 cm³/mol. The number of hydrogen-bond donors (Lipinski definition) is 2. The number of para-hydroxylation sites is 1. The van der Waals surface area contributed by atoms with Crippen molar-refractivity contribution in [2.75, 3.05) is 18.4 Å². The molecule has 0 unspecified atom stereocenters. The van der Waals surface area contributed by atoms with Gasteiger partial charge in [0.15, 0.2) is 5.65 Å². The number of rotatable bonds is 8. The summed E-state index contributed by atoms with van der Waals surface area (Å²) in [7, 11) is 0. The number of amides is 1. The summed E-state index contributed by atoms with van der Waals surface area (Å²) < 4.78 is 8.30. The fourth-order valence-electron chi connectivity index (χ4n) is 3.66. The van der Waals surface area contributed by atoms with Gasteiger partial charge in [0.25, 0.3) is 5.91 Å². The van der Waals surface area contributed by atoms with Gasteiger partial charge in [0.2, 0.25) is 0 Å². The van der Waals surface area contributed by atoms with Crippen LogP contribution < -0.4 is 15.4 Å². The highest BCUT2D eigenvalue weighted by atomic mass is 79.9. The monoisotopic (exact) mass is 561 g/mol. The standard InChI is InChI=1S/C27H21BrClN5O2/c28-22-17-32-34-25(16-24(33-26(22)34)21-11-4-5-12-23(21)29)30-13-14-31-27(35)18-7-6-10-20(15-18)36-19-8-2-1-3-9-19/h1-12,15-17,30H,13-14H2,(H,31,35). The first-order chi connectivity index (χ1) is 17.6. The van der Waals surface area contributed by atoms with Gasteiger partial charge < -0.3 is 15.4 Å². The first-order valence-electron chi connectivity index (χ1n) is 11.2. The Hall–Kier alpha value is -3.88. The van der Waals surface area contributed by atoms with Crippen LogP contribution in [0.3, 0.4) is 0 Å². The molecule has 36 heavy (non-hydrogen) atoms. The van der Waals surface area contributed by atoms with Gasteiger partial charge in [-0.3, -0.25) is 4.79 Å². The maximum Gasteiger partial charge on any atom is 0.251 e. The molecule has 0 saturated heterocycles. The number of benzene rings is 3. The molecule has 2 N–H and O–H groups in total. The minimum absolute atomic E-state index is 0.186. The third-order valence-corrected chi connectivity index (χ3v) is 6.26. The van der Waals surface area contributed by atoms with Crippen LogP contribution in [0.2, 0.25) is 5.02 Å². The zero-order valence-corrected chi connectivity index (χ0v) is 21.3. The second-order valence-electron chi connectivity index (χ2n) is 7.86. The molecule has 0 aliphatic heterocycles. The summed E-state index contributed by atoms with van der Waals surface area (Å²) in [6.07, 6.45) is 1.69. The zero-order chi connectivity index (χ0) is 24.9. The van der Waals surface area contributed by atoms with Gasteiger partial charge in [-0.25, -0.2) is 4.98 Å². The zero-order valence-electron chi connectivity index (χ0n) is 19.0. The number of carbonyl (C=O) groups excluding carboxylic acids is 1. The first kappa shape index (κ1) is 23.8. The Morgan fingerprint density at radius 2 is 1.72 bits per heavy atom. The Balaban J connectivity index is 1.25. The van der Waals surface area contributed by atoms with Crippen LogP contribution in [0.5, 0.6) is 11.5 Å². The van der Waals surface area contributed by atoms with Gasteiger partial charge >= 0.3 is 0 Å². The number of fused-ring (bicyclic) bond motifs is 1. The number of nitrogens with zero attached hydrogens (tertiary/aromatic N) is 3. The number of nitrogens with one attached hydrogen (secondary N) is 2. The van der Waals surface area contributed by atoms with E-state index in [1.165, 1.54) is 0 Å². The second-order valence-corrected chi connectivity index (χ2v) is 9.12. The normalized spacial score (nSPS) is 10.8. The summed E-state index contributed by atoms with van der Waals surface area (Å²) in [5.41, 5.74) is 2.72. The van der Waals surface area contributed by atoms with E-state index < -0.39 is 0 Å². The first-order valence-corrected chi connectivity index (χ1v) is 12.4. The summed E-state index contributed by atoms with van der Waals surface area (Å²) in [5, 5.41) is 11.3. The fraction of sp³-hybridized carbons (Fsp3) is 0.0741. The van der Waals surface area contributed by atoms with Gasteiger partial charge in [0, 0.05) is 35.3 Å². The molecule has 5 rings (SSSR count). The van der Waals surface area contributed by atoms with Crippen molar-refractivity contribution in [3.05, 3.63) is 106 Å². The van der Waals surface area contributed by atoms with E-state index in [0.717, 1.165) is 21.5 Å². The summed E-state index contributed by atoms with van der Waals surface area (Å²) in [5.74, 6) is 1.86. The van der Waals surface area contributed by atoms with Crippen molar-refractivity contribution >= 4 is 44.9 Å². The quantitative estimate of drug-likeness (QED) is 0.213. The van der Waals surface area contributed by atoms with Crippen LogP contribution in [-0.2, 0) is 0 Å². The molecule has 3 aromatic carbocycles. The highest BCUT2D eigenvalue weighted by molar-refractivity contribution is 9.10. The van der Waals surface area contributed by atoms with Gasteiger partial charge in [0.05, 0.1) is 16.4 Å². The predicted octanol–water partition coefficient (Wildman–Crippen LogP) is 6.45. The van der Waals surface area contributed by atoms with Crippen LogP contribution in [-0.4, -0.2) is 33.6 Å². The van der Waals surface area contributed by atoms with E-state index in [1.807, 2.05) is 66.7 Å². The number of hydrogen-bond acceptors (Lipinski definition) is 5. The van der Waals surface area contributed by atoms with E-state index in [2.05, 4.69) is 31.7 Å². The van der Waals surface area contributed by atoms with Gasteiger partial charge in [-0.2, -0.15) is 9.61 Å². The Morgan fingerprint density at radius 1 is 0.944 bits per heavy atom. The maximum atomic E-state index is 12.7. The molecular weight excluding hydrogens is 542 g/mol. The minimum atomic E-state index is -0.186. The highest BCUT2D eigenvalue weighted by Crippen LogP contribution is 2.30. The molecule has 1 amide bonds. The van der Waals surface area contributed by atoms with Gasteiger partial charge in [-0.15, -0.1) is 0 Å². The number of ether oxygens (including phenoxy) is 1. The molecule has 2 heterocycles. The van der Waals surface area contributed by atoms with E-state index in [0.29, 0.717) is 40.8 Å². The Kier molecular flexibility index (Phi) is 7.16. The molecule has 0 bridgehead atoms. The molecule has 0 saturated carbocycles. The molecular formula is C27H21BrClN5O2. The van der Waals surface area contributed by atoms with Crippen LogP contribution in [0.25, 0.3) is 16.9 Å². The summed E-state index contributed by atoms with van der Waals surface area (Å²) in [4.78, 5) is 17.4. The lowest BCUT2D eigenvalue weighted by Crippen LogP contribution is -2.29. The van der Waals surface area contributed by atoms with Gasteiger partial charge in [-0.1, -0.05) is 54.1 Å². The van der Waals surface area contributed by atoms with Crippen LogP contribution in [0.1, 0.15) is 10.4 Å². The molecule has 0 spiro atoms.